The summed E-state index contributed by atoms with van der Waals surface area (Å²) in [5.74, 6) is 0. The Morgan fingerprint density at radius 1 is 1.28 bits per heavy atom. The maximum absolute atomic E-state index is 4.60. The molecule has 1 fully saturated rings. The predicted octanol–water partition coefficient (Wildman–Crippen LogP) is 2.31. The molecular weight excluding hydrogens is 222 g/mol. The zero-order chi connectivity index (χ0) is 13.0. The Bertz CT molecular complexity index is 376. The van der Waals surface area contributed by atoms with E-state index in [2.05, 4.69) is 54.0 Å². The molecule has 0 spiro atoms. The molecule has 1 aliphatic heterocycles. The summed E-state index contributed by atoms with van der Waals surface area (Å²) in [7, 11) is 4.39. The van der Waals surface area contributed by atoms with Crippen molar-refractivity contribution in [2.75, 3.05) is 27.2 Å². The van der Waals surface area contributed by atoms with Crippen molar-refractivity contribution in [1.29, 1.82) is 0 Å². The molecule has 0 aromatic carbocycles. The van der Waals surface area contributed by atoms with Gasteiger partial charge in [0.15, 0.2) is 0 Å². The van der Waals surface area contributed by atoms with Crippen LogP contribution in [0.4, 0.5) is 0 Å². The molecule has 2 heterocycles. The van der Waals surface area contributed by atoms with Gasteiger partial charge in [-0.3, -0.25) is 9.88 Å². The van der Waals surface area contributed by atoms with Gasteiger partial charge in [-0.1, -0.05) is 6.07 Å². The molecule has 0 N–H and O–H groups in total. The molecule has 1 aromatic heterocycles. The summed E-state index contributed by atoms with van der Waals surface area (Å²) in [6.45, 7) is 5.47. The first-order chi connectivity index (χ1) is 8.65. The van der Waals surface area contributed by atoms with Gasteiger partial charge < -0.3 is 4.90 Å². The molecule has 2 rings (SSSR count). The van der Waals surface area contributed by atoms with Crippen molar-refractivity contribution in [2.24, 2.45) is 0 Å². The Labute approximate surface area is 111 Å². The van der Waals surface area contributed by atoms with Crippen molar-refractivity contribution in [3.63, 3.8) is 0 Å². The van der Waals surface area contributed by atoms with Crippen molar-refractivity contribution < 1.29 is 0 Å². The zero-order valence-electron chi connectivity index (χ0n) is 11.9. The van der Waals surface area contributed by atoms with Gasteiger partial charge in [0.05, 0.1) is 5.69 Å². The second-order valence-corrected chi connectivity index (χ2v) is 5.59. The van der Waals surface area contributed by atoms with Crippen LogP contribution in [0.3, 0.4) is 0 Å². The Balaban J connectivity index is 1.91. The lowest BCUT2D eigenvalue weighted by atomic mass is 10.1. The van der Waals surface area contributed by atoms with Crippen LogP contribution >= 0.6 is 0 Å². The normalized spacial score (nSPS) is 22.1. The van der Waals surface area contributed by atoms with E-state index in [1.807, 2.05) is 0 Å². The lowest BCUT2D eigenvalue weighted by Crippen LogP contribution is -2.30. The molecule has 0 saturated carbocycles. The number of likely N-dealkylation sites (tertiary alicyclic amines) is 1. The molecule has 3 heteroatoms. The van der Waals surface area contributed by atoms with Crippen LogP contribution in [-0.2, 0) is 6.54 Å². The van der Waals surface area contributed by atoms with Gasteiger partial charge in [-0.05, 0) is 59.0 Å². The smallest absolute Gasteiger partial charge is 0.0547 e. The summed E-state index contributed by atoms with van der Waals surface area (Å²) in [6.07, 6.45) is 3.90. The fourth-order valence-electron chi connectivity index (χ4n) is 2.73. The van der Waals surface area contributed by atoms with E-state index in [0.29, 0.717) is 0 Å². The summed E-state index contributed by atoms with van der Waals surface area (Å²) in [6, 6.07) is 7.06. The molecule has 1 aliphatic rings. The number of rotatable bonds is 3. The number of aromatic nitrogens is 1. The summed E-state index contributed by atoms with van der Waals surface area (Å²) < 4.78 is 0. The average molecular weight is 247 g/mol. The molecule has 1 saturated heterocycles. The van der Waals surface area contributed by atoms with Crippen LogP contribution in [0.25, 0.3) is 0 Å². The van der Waals surface area contributed by atoms with Crippen LogP contribution in [0.5, 0.6) is 0 Å². The molecule has 18 heavy (non-hydrogen) atoms. The molecule has 0 unspecified atom stereocenters. The quantitative estimate of drug-likeness (QED) is 0.817. The van der Waals surface area contributed by atoms with E-state index in [1.54, 1.807) is 0 Å². The number of aryl methyl sites for hydroxylation is 1. The third-order valence-corrected chi connectivity index (χ3v) is 3.85. The third-order valence-electron chi connectivity index (χ3n) is 3.85. The van der Waals surface area contributed by atoms with E-state index in [-0.39, 0.29) is 0 Å². The fraction of sp³-hybridized carbons (Fsp3) is 0.667. The maximum atomic E-state index is 4.60. The number of nitrogens with zero attached hydrogens (tertiary/aromatic N) is 3. The van der Waals surface area contributed by atoms with Gasteiger partial charge in [0.1, 0.15) is 0 Å². The van der Waals surface area contributed by atoms with Crippen LogP contribution in [0.1, 0.15) is 30.7 Å². The first-order valence-corrected chi connectivity index (χ1v) is 6.96. The van der Waals surface area contributed by atoms with E-state index in [9.17, 15) is 0 Å². The number of hydrogen-bond donors (Lipinski definition) is 0. The van der Waals surface area contributed by atoms with Crippen LogP contribution in [0, 0.1) is 6.92 Å². The minimum Gasteiger partial charge on any atom is -0.306 e. The SMILES string of the molecule is Cc1cccc(CN2CCC[C@@H](N(C)C)CC2)n1. The second kappa shape index (κ2) is 6.30. The van der Waals surface area contributed by atoms with E-state index < -0.39 is 0 Å². The minimum atomic E-state index is 0.750. The topological polar surface area (TPSA) is 19.4 Å². The van der Waals surface area contributed by atoms with E-state index >= 15 is 0 Å². The van der Waals surface area contributed by atoms with Crippen LogP contribution in [-0.4, -0.2) is 48.0 Å². The van der Waals surface area contributed by atoms with Gasteiger partial charge in [-0.2, -0.15) is 0 Å². The van der Waals surface area contributed by atoms with Crippen molar-refractivity contribution in [1.82, 2.24) is 14.8 Å². The third kappa shape index (κ3) is 3.79. The summed E-state index contributed by atoms with van der Waals surface area (Å²) >= 11 is 0. The molecular formula is C15H25N3. The fourth-order valence-corrected chi connectivity index (χ4v) is 2.73. The van der Waals surface area contributed by atoms with E-state index in [0.717, 1.165) is 18.3 Å². The van der Waals surface area contributed by atoms with Crippen molar-refractivity contribution in [3.8, 4) is 0 Å². The van der Waals surface area contributed by atoms with Crippen molar-refractivity contribution in [3.05, 3.63) is 29.6 Å². The Morgan fingerprint density at radius 3 is 2.83 bits per heavy atom. The number of hydrogen-bond acceptors (Lipinski definition) is 3. The van der Waals surface area contributed by atoms with Crippen molar-refractivity contribution >= 4 is 0 Å². The molecule has 100 valence electrons. The van der Waals surface area contributed by atoms with E-state index in [1.165, 1.54) is 38.0 Å². The Morgan fingerprint density at radius 2 is 2.11 bits per heavy atom. The van der Waals surface area contributed by atoms with Crippen LogP contribution in [0.15, 0.2) is 18.2 Å². The lowest BCUT2D eigenvalue weighted by molar-refractivity contribution is 0.244. The lowest BCUT2D eigenvalue weighted by Gasteiger charge is -2.23. The van der Waals surface area contributed by atoms with Crippen molar-refractivity contribution in [2.45, 2.75) is 38.8 Å². The standard InChI is InChI=1S/C15H25N3/c1-13-6-4-7-14(16-13)12-18-10-5-8-15(9-11-18)17(2)3/h4,6-7,15H,5,8-12H2,1-3H3/t15-/m1/s1. The molecule has 0 aliphatic carbocycles. The highest BCUT2D eigenvalue weighted by molar-refractivity contribution is 5.09. The Kier molecular flexibility index (Phi) is 4.72. The Hall–Kier alpha value is -0.930. The first-order valence-electron chi connectivity index (χ1n) is 6.96. The van der Waals surface area contributed by atoms with Gasteiger partial charge in [-0.25, -0.2) is 0 Å². The zero-order valence-corrected chi connectivity index (χ0v) is 11.9. The molecule has 0 radical (unpaired) electrons. The predicted molar refractivity (Wildman–Crippen MR) is 75.6 cm³/mol. The van der Waals surface area contributed by atoms with Crippen LogP contribution < -0.4 is 0 Å². The van der Waals surface area contributed by atoms with E-state index in [4.69, 9.17) is 0 Å². The summed E-state index contributed by atoms with van der Waals surface area (Å²) in [4.78, 5) is 9.52. The largest absolute Gasteiger partial charge is 0.306 e. The highest BCUT2D eigenvalue weighted by Crippen LogP contribution is 2.16. The molecule has 3 nitrogen and oxygen atoms in total. The van der Waals surface area contributed by atoms with Gasteiger partial charge in [-0.15, -0.1) is 0 Å². The highest BCUT2D eigenvalue weighted by Gasteiger charge is 2.18. The molecule has 0 bridgehead atoms. The molecule has 0 amide bonds. The summed E-state index contributed by atoms with van der Waals surface area (Å²) in [5.41, 5.74) is 2.33. The van der Waals surface area contributed by atoms with Gasteiger partial charge in [0.2, 0.25) is 0 Å². The maximum Gasteiger partial charge on any atom is 0.0547 e. The van der Waals surface area contributed by atoms with Gasteiger partial charge >= 0.3 is 0 Å². The van der Waals surface area contributed by atoms with Gasteiger partial charge in [0, 0.05) is 24.8 Å². The highest BCUT2D eigenvalue weighted by atomic mass is 15.2. The average Bonchev–Trinajstić information content (AvgIpc) is 2.55. The number of pyridine rings is 1. The molecule has 1 aromatic rings. The van der Waals surface area contributed by atoms with Gasteiger partial charge in [0.25, 0.3) is 0 Å². The minimum absolute atomic E-state index is 0.750. The first kappa shape index (κ1) is 13.5. The summed E-state index contributed by atoms with van der Waals surface area (Å²) in [5, 5.41) is 0. The molecule has 1 atom stereocenters. The second-order valence-electron chi connectivity index (χ2n) is 5.59. The van der Waals surface area contributed by atoms with Crippen LogP contribution in [0.2, 0.25) is 0 Å². The monoisotopic (exact) mass is 247 g/mol.